The molecule has 3 heterocycles. The number of carbonyl (C=O) groups excluding carboxylic acids is 2. The van der Waals surface area contributed by atoms with Crippen molar-refractivity contribution < 1.29 is 28.0 Å². The van der Waals surface area contributed by atoms with Crippen LogP contribution in [0.4, 0.5) is 10.5 Å². The van der Waals surface area contributed by atoms with Gasteiger partial charge >= 0.3 is 6.09 Å². The molecule has 2 saturated heterocycles. The average molecular weight is 501 g/mol. The number of cyclic esters (lactones) is 1. The zero-order valence-corrected chi connectivity index (χ0v) is 19.2. The molecule has 2 aromatic rings. The Morgan fingerprint density at radius 2 is 1.84 bits per heavy atom. The molecule has 1 aromatic carbocycles. The molecule has 13 heteroatoms. The van der Waals surface area contributed by atoms with Crippen LogP contribution in [-0.4, -0.2) is 80.4 Å². The van der Waals surface area contributed by atoms with E-state index in [-0.39, 0.29) is 50.1 Å². The molecule has 0 spiro atoms. The van der Waals surface area contributed by atoms with Gasteiger partial charge in [-0.25, -0.2) is 13.2 Å². The zero-order chi connectivity index (χ0) is 22.9. The zero-order valence-electron chi connectivity index (χ0n) is 16.8. The van der Waals surface area contributed by atoms with Crippen LogP contribution in [0.25, 0.3) is 0 Å². The lowest BCUT2D eigenvalue weighted by molar-refractivity contribution is -0.108. The molecule has 2 fully saturated rings. The van der Waals surface area contributed by atoms with Gasteiger partial charge in [0.15, 0.2) is 0 Å². The van der Waals surface area contributed by atoms with Crippen molar-refractivity contribution in [3.05, 3.63) is 45.6 Å². The number of rotatable bonds is 6. The van der Waals surface area contributed by atoms with E-state index in [2.05, 4.69) is 5.32 Å². The Bertz CT molecular complexity index is 1100. The third-order valence-electron chi connectivity index (χ3n) is 5.16. The summed E-state index contributed by atoms with van der Waals surface area (Å²) in [6.07, 6.45) is -1.11. The predicted octanol–water partition coefficient (Wildman–Crippen LogP) is 1.85. The highest BCUT2D eigenvalue weighted by atomic mass is 35.5. The number of anilines is 1. The van der Waals surface area contributed by atoms with Crippen molar-refractivity contribution in [2.45, 2.75) is 11.0 Å². The minimum Gasteiger partial charge on any atom is -0.442 e. The lowest BCUT2D eigenvalue weighted by atomic mass is 10.2. The summed E-state index contributed by atoms with van der Waals surface area (Å²) >= 11 is 7.00. The molecule has 0 radical (unpaired) electrons. The Labute approximate surface area is 193 Å². The standard InChI is InChI=1S/C19H21ClN4O6S2/c20-17-6-5-16(31-17)18(25)21-11-14-12-24(19(26)30-14)13-1-3-15(4-2-13)32(28,29)23-9-7-22(27)8-10-23/h1-6,14,27H,7-12H2,(H,21,25). The Hall–Kier alpha value is -2.22. The molecule has 2 aliphatic rings. The van der Waals surface area contributed by atoms with Crippen LogP contribution in [-0.2, 0) is 14.8 Å². The van der Waals surface area contributed by atoms with Crippen LogP contribution >= 0.6 is 22.9 Å². The summed E-state index contributed by atoms with van der Waals surface area (Å²) in [6.45, 7) is 1.24. The van der Waals surface area contributed by atoms with Gasteiger partial charge in [0.25, 0.3) is 5.91 Å². The summed E-state index contributed by atoms with van der Waals surface area (Å²) in [5.74, 6) is -0.298. The number of nitrogens with zero attached hydrogens (tertiary/aromatic N) is 3. The summed E-state index contributed by atoms with van der Waals surface area (Å²) in [5.41, 5.74) is 0.494. The number of benzene rings is 1. The maximum atomic E-state index is 12.8. The molecule has 0 bridgehead atoms. The maximum absolute atomic E-state index is 12.8. The van der Waals surface area contributed by atoms with Crippen molar-refractivity contribution in [2.75, 3.05) is 44.2 Å². The number of hydroxylamine groups is 2. The summed E-state index contributed by atoms with van der Waals surface area (Å²) in [6, 6.07) is 9.23. The number of sulfonamides is 1. The fourth-order valence-electron chi connectivity index (χ4n) is 3.43. The second kappa shape index (κ2) is 9.33. The van der Waals surface area contributed by atoms with Crippen LogP contribution in [0.3, 0.4) is 0 Å². The molecule has 10 nitrogen and oxygen atoms in total. The first-order valence-corrected chi connectivity index (χ1v) is 12.4. The summed E-state index contributed by atoms with van der Waals surface area (Å²) in [7, 11) is -3.69. The maximum Gasteiger partial charge on any atom is 0.414 e. The predicted molar refractivity (Wildman–Crippen MR) is 118 cm³/mol. The van der Waals surface area contributed by atoms with E-state index in [0.717, 1.165) is 16.4 Å². The second-order valence-corrected chi connectivity index (χ2v) is 10.9. The Kier molecular flexibility index (Phi) is 6.70. The third kappa shape index (κ3) is 4.90. The number of ether oxygens (including phenoxy) is 1. The number of amides is 2. The van der Waals surface area contributed by atoms with Gasteiger partial charge in [0.05, 0.1) is 27.2 Å². The molecule has 1 unspecified atom stereocenters. The fraction of sp³-hybridized carbons (Fsp3) is 0.368. The smallest absolute Gasteiger partial charge is 0.414 e. The quantitative estimate of drug-likeness (QED) is 0.621. The van der Waals surface area contributed by atoms with Crippen molar-refractivity contribution in [3.8, 4) is 0 Å². The number of halogens is 1. The molecule has 32 heavy (non-hydrogen) atoms. The van der Waals surface area contributed by atoms with Crippen molar-refractivity contribution in [2.24, 2.45) is 0 Å². The normalized spacial score (nSPS) is 20.4. The number of thiophene rings is 1. The lowest BCUT2D eigenvalue weighted by Gasteiger charge is -2.30. The molecule has 1 aromatic heterocycles. The van der Waals surface area contributed by atoms with E-state index in [0.29, 0.717) is 14.9 Å². The number of hydrogen-bond acceptors (Lipinski definition) is 8. The van der Waals surface area contributed by atoms with Crippen LogP contribution in [0.2, 0.25) is 4.34 Å². The Balaban J connectivity index is 1.36. The minimum atomic E-state index is -3.69. The number of piperazine rings is 1. The largest absolute Gasteiger partial charge is 0.442 e. The average Bonchev–Trinajstić information content (AvgIpc) is 3.38. The SMILES string of the molecule is O=C(NCC1CN(c2ccc(S(=O)(=O)N3CCN(O)CC3)cc2)C(=O)O1)c1ccc(Cl)s1. The van der Waals surface area contributed by atoms with Crippen LogP contribution in [0.5, 0.6) is 0 Å². The third-order valence-corrected chi connectivity index (χ3v) is 8.31. The summed E-state index contributed by atoms with van der Waals surface area (Å²) < 4.78 is 32.7. The van der Waals surface area contributed by atoms with Gasteiger partial charge in [-0.3, -0.25) is 9.69 Å². The van der Waals surface area contributed by atoms with Crippen LogP contribution in [0.1, 0.15) is 9.67 Å². The molecular formula is C19H21ClN4O6S2. The van der Waals surface area contributed by atoms with Gasteiger partial charge in [-0.1, -0.05) is 11.6 Å². The van der Waals surface area contributed by atoms with Gasteiger partial charge in [-0.05, 0) is 36.4 Å². The van der Waals surface area contributed by atoms with Crippen molar-refractivity contribution in [1.29, 1.82) is 0 Å². The first-order chi connectivity index (χ1) is 15.2. The minimum absolute atomic E-state index is 0.110. The molecule has 1 atom stereocenters. The van der Waals surface area contributed by atoms with Crippen molar-refractivity contribution >= 4 is 50.6 Å². The highest BCUT2D eigenvalue weighted by Gasteiger charge is 2.33. The molecule has 2 amide bonds. The fourth-order valence-corrected chi connectivity index (χ4v) is 5.82. The topological polar surface area (TPSA) is 119 Å². The van der Waals surface area contributed by atoms with E-state index < -0.39 is 22.2 Å². The number of carbonyl (C=O) groups is 2. The van der Waals surface area contributed by atoms with Gasteiger partial charge < -0.3 is 15.3 Å². The van der Waals surface area contributed by atoms with E-state index in [1.807, 2.05) is 0 Å². The Morgan fingerprint density at radius 1 is 1.16 bits per heavy atom. The van der Waals surface area contributed by atoms with E-state index in [4.69, 9.17) is 16.3 Å². The molecule has 172 valence electrons. The first kappa shape index (κ1) is 23.0. The van der Waals surface area contributed by atoms with Gasteiger partial charge in [0.2, 0.25) is 10.0 Å². The van der Waals surface area contributed by atoms with Gasteiger partial charge in [-0.15, -0.1) is 11.3 Å². The number of hydrogen-bond donors (Lipinski definition) is 2. The number of nitrogens with one attached hydrogen (secondary N) is 1. The summed E-state index contributed by atoms with van der Waals surface area (Å²) in [4.78, 5) is 26.4. The van der Waals surface area contributed by atoms with Crippen molar-refractivity contribution in [3.63, 3.8) is 0 Å². The van der Waals surface area contributed by atoms with E-state index >= 15 is 0 Å². The highest BCUT2D eigenvalue weighted by molar-refractivity contribution is 7.89. The van der Waals surface area contributed by atoms with Gasteiger partial charge in [0, 0.05) is 31.9 Å². The van der Waals surface area contributed by atoms with E-state index in [1.165, 1.54) is 21.3 Å². The van der Waals surface area contributed by atoms with Crippen LogP contribution in [0, 0.1) is 0 Å². The van der Waals surface area contributed by atoms with Gasteiger partial charge in [0.1, 0.15) is 6.10 Å². The molecule has 4 rings (SSSR count). The van der Waals surface area contributed by atoms with Crippen LogP contribution < -0.4 is 10.2 Å². The lowest BCUT2D eigenvalue weighted by Crippen LogP contribution is -2.47. The second-order valence-electron chi connectivity index (χ2n) is 7.28. The molecule has 0 saturated carbocycles. The molecule has 0 aliphatic carbocycles. The molecule has 2 aliphatic heterocycles. The Morgan fingerprint density at radius 3 is 2.47 bits per heavy atom. The monoisotopic (exact) mass is 500 g/mol. The first-order valence-electron chi connectivity index (χ1n) is 9.80. The van der Waals surface area contributed by atoms with Crippen LogP contribution in [0.15, 0.2) is 41.3 Å². The highest BCUT2D eigenvalue weighted by Crippen LogP contribution is 2.25. The molecule has 2 N–H and O–H groups in total. The summed E-state index contributed by atoms with van der Waals surface area (Å²) in [5, 5.41) is 13.2. The van der Waals surface area contributed by atoms with E-state index in [9.17, 15) is 23.2 Å². The van der Waals surface area contributed by atoms with E-state index in [1.54, 1.807) is 24.3 Å². The van der Waals surface area contributed by atoms with Crippen molar-refractivity contribution in [1.82, 2.24) is 14.7 Å². The van der Waals surface area contributed by atoms with Gasteiger partial charge in [-0.2, -0.15) is 9.37 Å². The molecular weight excluding hydrogens is 480 g/mol.